The van der Waals surface area contributed by atoms with Gasteiger partial charge in [-0.3, -0.25) is 9.16 Å². The first-order valence-corrected chi connectivity index (χ1v) is 9.85. The van der Waals surface area contributed by atoms with Crippen LogP contribution in [0.2, 0.25) is 0 Å². The second kappa shape index (κ2) is 5.26. The molecule has 0 aliphatic carbocycles. The third kappa shape index (κ3) is 1.77. The molecule has 3 bridgehead atoms. The first-order chi connectivity index (χ1) is 13.0. The van der Waals surface area contributed by atoms with Crippen LogP contribution in [-0.2, 0) is 31.9 Å². The van der Waals surface area contributed by atoms with Crippen LogP contribution < -0.4 is 0 Å². The van der Waals surface area contributed by atoms with Crippen molar-refractivity contribution in [1.82, 2.24) is 0 Å². The second-order valence-electron chi connectivity index (χ2n) is 7.08. The molecule has 5 fully saturated rings. The van der Waals surface area contributed by atoms with Crippen molar-refractivity contribution in [3.8, 4) is 0 Å². The highest BCUT2D eigenvalue weighted by atomic mass is 28.4. The van der Waals surface area contributed by atoms with Crippen LogP contribution in [0.3, 0.4) is 0 Å². The van der Waals surface area contributed by atoms with Crippen LogP contribution in [0.1, 0.15) is 0 Å². The lowest BCUT2D eigenvalue weighted by Crippen LogP contribution is -2.84. The SMILES string of the molecule is OC[C@H]1OC(CO)(O[C@@]23O[C@H](CO)[C@]4(O)O[Si]5(O2)O[C@@]4(O)[C@]3(O)O5)[C@@H](O)[C@@H]1O. The molecule has 5 aliphatic rings. The minimum absolute atomic E-state index is 0.771. The van der Waals surface area contributed by atoms with Gasteiger partial charge in [0.15, 0.2) is 0 Å². The van der Waals surface area contributed by atoms with Gasteiger partial charge in [-0.1, -0.05) is 0 Å². The fraction of sp³-hybridized carbons (Fsp3) is 1.00. The Labute approximate surface area is 156 Å². The van der Waals surface area contributed by atoms with Gasteiger partial charge >= 0.3 is 20.8 Å². The molecule has 0 aromatic rings. The lowest BCUT2D eigenvalue weighted by Gasteiger charge is -2.56. The van der Waals surface area contributed by atoms with Gasteiger partial charge in [0.25, 0.3) is 11.6 Å². The summed E-state index contributed by atoms with van der Waals surface area (Å²) in [6.45, 7) is -2.89. The third-order valence-corrected chi connectivity index (χ3v) is 7.73. The van der Waals surface area contributed by atoms with Crippen molar-refractivity contribution in [2.24, 2.45) is 0 Å². The van der Waals surface area contributed by atoms with E-state index >= 15 is 0 Å². The lowest BCUT2D eigenvalue weighted by atomic mass is 9.86. The Kier molecular flexibility index (Phi) is 3.68. The fourth-order valence-electron chi connectivity index (χ4n) is 4.11. The first kappa shape index (κ1) is 19.6. The largest absolute Gasteiger partial charge is 0.691 e. The highest BCUT2D eigenvalue weighted by Crippen LogP contribution is 2.69. The van der Waals surface area contributed by atoms with Gasteiger partial charge in [-0.2, -0.15) is 0 Å². The number of hydrogen-bond acceptors (Lipinski definition) is 15. The average Bonchev–Trinajstić information content (AvgIpc) is 3.17. The van der Waals surface area contributed by atoms with E-state index in [-0.39, 0.29) is 0 Å². The maximum atomic E-state index is 11.0. The normalized spacial score (nSPS) is 64.3. The summed E-state index contributed by atoms with van der Waals surface area (Å²) in [4.78, 5) is 0. The minimum Gasteiger partial charge on any atom is -0.394 e. The quantitative estimate of drug-likeness (QED) is 0.190. The summed E-state index contributed by atoms with van der Waals surface area (Å²) in [7, 11) is -4.47. The number of hydrogen-bond donors (Lipinski definition) is 8. The van der Waals surface area contributed by atoms with E-state index in [2.05, 4.69) is 0 Å². The summed E-state index contributed by atoms with van der Waals surface area (Å²) in [6.07, 6.45) is -6.91. The Morgan fingerprint density at radius 1 is 0.857 bits per heavy atom. The molecule has 0 saturated carbocycles. The van der Waals surface area contributed by atoms with E-state index < -0.39 is 82.4 Å². The molecule has 0 amide bonds. The Balaban J connectivity index is 1.59. The zero-order valence-electron chi connectivity index (χ0n) is 13.9. The van der Waals surface area contributed by atoms with E-state index in [4.69, 9.17) is 31.9 Å². The Bertz CT molecular complexity index is 713. The van der Waals surface area contributed by atoms with E-state index in [1.54, 1.807) is 0 Å². The lowest BCUT2D eigenvalue weighted by molar-refractivity contribution is -0.580. The van der Waals surface area contributed by atoms with Gasteiger partial charge in [0, 0.05) is 0 Å². The molecule has 0 aromatic heterocycles. The fourth-order valence-corrected chi connectivity index (χ4v) is 6.84. The molecule has 0 aromatic carbocycles. The van der Waals surface area contributed by atoms with Crippen LogP contribution in [-0.4, -0.2) is 123 Å². The number of ether oxygens (including phenoxy) is 3. The molecule has 2 unspecified atom stereocenters. The van der Waals surface area contributed by atoms with E-state index in [9.17, 15) is 40.9 Å². The maximum Gasteiger partial charge on any atom is 0.691 e. The van der Waals surface area contributed by atoms with Crippen molar-refractivity contribution in [2.75, 3.05) is 19.8 Å². The molecule has 5 saturated heterocycles. The van der Waals surface area contributed by atoms with Gasteiger partial charge in [-0.05, 0) is 0 Å². The molecule has 5 rings (SSSR count). The van der Waals surface area contributed by atoms with Crippen molar-refractivity contribution >= 4 is 9.05 Å². The Morgan fingerprint density at radius 3 is 2.11 bits per heavy atom. The minimum atomic E-state index is -4.47. The summed E-state index contributed by atoms with van der Waals surface area (Å²) in [5, 5.41) is 81.3. The van der Waals surface area contributed by atoms with Crippen LogP contribution in [0.25, 0.3) is 0 Å². The van der Waals surface area contributed by atoms with Crippen LogP contribution >= 0.6 is 0 Å². The molecular formula is C12H18O15Si. The molecule has 0 radical (unpaired) electrons. The van der Waals surface area contributed by atoms with E-state index in [0.29, 0.717) is 0 Å². The van der Waals surface area contributed by atoms with E-state index in [1.165, 1.54) is 0 Å². The smallest absolute Gasteiger partial charge is 0.394 e. The molecule has 16 heteroatoms. The van der Waals surface area contributed by atoms with Gasteiger partial charge in [-0.15, -0.1) is 0 Å². The van der Waals surface area contributed by atoms with E-state index in [0.717, 1.165) is 0 Å². The topological polar surface area (TPSA) is 226 Å². The Morgan fingerprint density at radius 2 is 1.54 bits per heavy atom. The van der Waals surface area contributed by atoms with Gasteiger partial charge in [-0.25, -0.2) is 0 Å². The molecular weight excluding hydrogens is 412 g/mol. The Hall–Kier alpha value is -0.383. The number of aliphatic hydroxyl groups excluding tert-OH is 5. The molecule has 15 nitrogen and oxygen atoms in total. The molecule has 160 valence electrons. The van der Waals surface area contributed by atoms with Crippen LogP contribution in [0.5, 0.6) is 0 Å². The third-order valence-electron chi connectivity index (χ3n) is 5.56. The predicted octanol–water partition coefficient (Wildman–Crippen LogP) is -6.54. The van der Waals surface area contributed by atoms with Gasteiger partial charge in [0.1, 0.15) is 31.0 Å². The zero-order valence-corrected chi connectivity index (χ0v) is 14.9. The van der Waals surface area contributed by atoms with Crippen molar-refractivity contribution in [3.05, 3.63) is 0 Å². The van der Waals surface area contributed by atoms with E-state index in [1.807, 2.05) is 0 Å². The molecule has 1 spiro atoms. The van der Waals surface area contributed by atoms with Crippen LogP contribution in [0, 0.1) is 0 Å². The predicted molar refractivity (Wildman–Crippen MR) is 74.5 cm³/mol. The van der Waals surface area contributed by atoms with Crippen molar-refractivity contribution < 1.29 is 72.8 Å². The van der Waals surface area contributed by atoms with Crippen LogP contribution in [0.15, 0.2) is 0 Å². The molecule has 5 aliphatic heterocycles. The number of rotatable bonds is 5. The van der Waals surface area contributed by atoms with Gasteiger partial charge < -0.3 is 63.6 Å². The number of aliphatic hydroxyl groups is 8. The summed E-state index contributed by atoms with van der Waals surface area (Å²) in [5.74, 6) is -14.4. The summed E-state index contributed by atoms with van der Waals surface area (Å²) in [5.41, 5.74) is 0. The molecule has 8 N–H and O–H groups in total. The monoisotopic (exact) mass is 430 g/mol. The van der Waals surface area contributed by atoms with Gasteiger partial charge in [0.05, 0.1) is 13.2 Å². The highest BCUT2D eigenvalue weighted by molar-refractivity contribution is 6.56. The van der Waals surface area contributed by atoms with Crippen molar-refractivity contribution in [3.63, 3.8) is 0 Å². The van der Waals surface area contributed by atoms with Crippen molar-refractivity contribution in [2.45, 2.75) is 53.5 Å². The standard InChI is InChI=1S/C12H18O15Si/c13-1-4-6(16)7(17)8(3-15,21-4)23-12-11(20)10(19)9(18,5(2-14)22-12)24-28(25-10,26-11)27-12/h4-7,13-20H,1-3H2/t4-,5-,6-,7+,8?,9+,10-,11+,12-,28?/m1/s1. The molecule has 10 atom stereocenters. The zero-order chi connectivity index (χ0) is 20.4. The summed E-state index contributed by atoms with van der Waals surface area (Å²) < 4.78 is 36.6. The average molecular weight is 430 g/mol. The molecule has 28 heavy (non-hydrogen) atoms. The van der Waals surface area contributed by atoms with Crippen LogP contribution in [0.4, 0.5) is 0 Å². The van der Waals surface area contributed by atoms with Gasteiger partial charge in [0.2, 0.25) is 5.79 Å². The second-order valence-corrected chi connectivity index (χ2v) is 8.90. The summed E-state index contributed by atoms with van der Waals surface area (Å²) in [6, 6.07) is 0. The molecule has 5 heterocycles. The summed E-state index contributed by atoms with van der Waals surface area (Å²) >= 11 is 0. The first-order valence-electron chi connectivity index (χ1n) is 8.22. The highest BCUT2D eigenvalue weighted by Gasteiger charge is 3.03. The maximum absolute atomic E-state index is 11.0. The van der Waals surface area contributed by atoms with Crippen molar-refractivity contribution in [1.29, 1.82) is 0 Å².